The van der Waals surface area contributed by atoms with Gasteiger partial charge in [0.25, 0.3) is 0 Å². The van der Waals surface area contributed by atoms with Crippen LogP contribution in [0.4, 0.5) is 0 Å². The molecule has 2 aromatic rings. The third-order valence-electron chi connectivity index (χ3n) is 5.50. The lowest BCUT2D eigenvalue weighted by Gasteiger charge is -2.29. The third-order valence-corrected chi connectivity index (χ3v) is 5.50. The SMILES string of the molecule is COc1ccccc1CC(=O)N1CCc2nc([C@@H]3CCCNC3)ncc2C1. The molecule has 27 heavy (non-hydrogen) atoms. The first kappa shape index (κ1) is 17.9. The van der Waals surface area contributed by atoms with Crippen LogP contribution in [-0.4, -0.2) is 47.5 Å². The zero-order chi connectivity index (χ0) is 18.6. The van der Waals surface area contributed by atoms with Crippen molar-refractivity contribution in [3.63, 3.8) is 0 Å². The zero-order valence-electron chi connectivity index (χ0n) is 15.8. The van der Waals surface area contributed by atoms with Crippen molar-refractivity contribution >= 4 is 5.91 Å². The maximum atomic E-state index is 12.8. The number of rotatable bonds is 4. The number of hydrogen-bond donors (Lipinski definition) is 1. The van der Waals surface area contributed by atoms with Gasteiger partial charge in [-0.3, -0.25) is 4.79 Å². The second kappa shape index (κ2) is 8.05. The molecular weight excluding hydrogens is 340 g/mol. The van der Waals surface area contributed by atoms with Crippen molar-refractivity contribution in [1.29, 1.82) is 0 Å². The van der Waals surface area contributed by atoms with Crippen LogP contribution in [0.15, 0.2) is 30.5 Å². The first-order valence-electron chi connectivity index (χ1n) is 9.69. The van der Waals surface area contributed by atoms with Crippen LogP contribution in [-0.2, 0) is 24.2 Å². The number of benzene rings is 1. The van der Waals surface area contributed by atoms with E-state index in [1.54, 1.807) is 7.11 Å². The first-order valence-corrected chi connectivity index (χ1v) is 9.69. The van der Waals surface area contributed by atoms with Crippen LogP contribution >= 0.6 is 0 Å². The molecule has 6 heteroatoms. The molecule has 0 saturated carbocycles. The van der Waals surface area contributed by atoms with Gasteiger partial charge in [-0.15, -0.1) is 0 Å². The molecule has 4 rings (SSSR count). The summed E-state index contributed by atoms with van der Waals surface area (Å²) in [6.45, 7) is 3.35. The van der Waals surface area contributed by atoms with Crippen LogP contribution in [0.1, 0.15) is 41.4 Å². The molecule has 1 saturated heterocycles. The second-order valence-electron chi connectivity index (χ2n) is 7.30. The molecule has 1 aromatic heterocycles. The molecule has 0 bridgehead atoms. The fourth-order valence-corrected chi connectivity index (χ4v) is 3.94. The smallest absolute Gasteiger partial charge is 0.227 e. The van der Waals surface area contributed by atoms with E-state index in [2.05, 4.69) is 10.3 Å². The van der Waals surface area contributed by atoms with E-state index in [-0.39, 0.29) is 5.91 Å². The van der Waals surface area contributed by atoms with Crippen LogP contribution in [0, 0.1) is 0 Å². The lowest BCUT2D eigenvalue weighted by molar-refractivity contribution is -0.131. The summed E-state index contributed by atoms with van der Waals surface area (Å²) in [5.41, 5.74) is 3.10. The summed E-state index contributed by atoms with van der Waals surface area (Å²) in [6.07, 6.45) is 5.40. The molecule has 0 unspecified atom stereocenters. The molecule has 1 fully saturated rings. The maximum absolute atomic E-state index is 12.8. The van der Waals surface area contributed by atoms with E-state index in [0.29, 0.717) is 25.4 Å². The number of amides is 1. The van der Waals surface area contributed by atoms with Crippen LogP contribution in [0.25, 0.3) is 0 Å². The van der Waals surface area contributed by atoms with Gasteiger partial charge in [-0.2, -0.15) is 0 Å². The van der Waals surface area contributed by atoms with Gasteiger partial charge in [-0.05, 0) is 25.5 Å². The first-order chi connectivity index (χ1) is 13.2. The quantitative estimate of drug-likeness (QED) is 0.897. The zero-order valence-corrected chi connectivity index (χ0v) is 15.8. The highest BCUT2D eigenvalue weighted by molar-refractivity contribution is 5.79. The minimum Gasteiger partial charge on any atom is -0.496 e. The Hall–Kier alpha value is -2.47. The molecule has 6 nitrogen and oxygen atoms in total. The normalized spacial score (nSPS) is 19.4. The van der Waals surface area contributed by atoms with Crippen molar-refractivity contribution < 1.29 is 9.53 Å². The predicted octanol–water partition coefficient (Wildman–Crippen LogP) is 2.08. The Morgan fingerprint density at radius 2 is 2.26 bits per heavy atom. The Morgan fingerprint density at radius 1 is 1.37 bits per heavy atom. The Balaban J connectivity index is 1.44. The molecule has 0 radical (unpaired) electrons. The monoisotopic (exact) mass is 366 g/mol. The van der Waals surface area contributed by atoms with E-state index < -0.39 is 0 Å². The van der Waals surface area contributed by atoms with E-state index in [1.165, 1.54) is 6.42 Å². The molecule has 0 spiro atoms. The Kier molecular flexibility index (Phi) is 5.34. The van der Waals surface area contributed by atoms with Gasteiger partial charge in [0.05, 0.1) is 19.2 Å². The number of methoxy groups -OCH3 is 1. The van der Waals surface area contributed by atoms with Crippen molar-refractivity contribution in [1.82, 2.24) is 20.2 Å². The number of carbonyl (C=O) groups is 1. The summed E-state index contributed by atoms with van der Waals surface area (Å²) in [7, 11) is 1.64. The fourth-order valence-electron chi connectivity index (χ4n) is 3.94. The Bertz CT molecular complexity index is 818. The van der Waals surface area contributed by atoms with Crippen LogP contribution in [0.3, 0.4) is 0 Å². The number of aromatic nitrogens is 2. The van der Waals surface area contributed by atoms with Gasteiger partial charge in [0.1, 0.15) is 11.6 Å². The van der Waals surface area contributed by atoms with Gasteiger partial charge in [0.15, 0.2) is 0 Å². The number of hydrogen-bond acceptors (Lipinski definition) is 5. The van der Waals surface area contributed by atoms with Gasteiger partial charge in [-0.1, -0.05) is 18.2 Å². The van der Waals surface area contributed by atoms with E-state index in [4.69, 9.17) is 9.72 Å². The Morgan fingerprint density at radius 3 is 3.07 bits per heavy atom. The minimum absolute atomic E-state index is 0.116. The summed E-state index contributed by atoms with van der Waals surface area (Å²) in [6, 6.07) is 7.69. The van der Waals surface area contributed by atoms with Crippen LogP contribution < -0.4 is 10.1 Å². The number of nitrogens with zero attached hydrogens (tertiary/aromatic N) is 3. The van der Waals surface area contributed by atoms with Gasteiger partial charge in [0.2, 0.25) is 5.91 Å². The summed E-state index contributed by atoms with van der Waals surface area (Å²) in [5.74, 6) is 2.24. The predicted molar refractivity (Wildman–Crippen MR) is 103 cm³/mol. The fraction of sp³-hybridized carbons (Fsp3) is 0.476. The molecule has 3 heterocycles. The molecule has 2 aliphatic heterocycles. The van der Waals surface area contributed by atoms with E-state index in [1.807, 2.05) is 35.4 Å². The highest BCUT2D eigenvalue weighted by atomic mass is 16.5. The second-order valence-corrected chi connectivity index (χ2v) is 7.30. The number of carbonyl (C=O) groups excluding carboxylic acids is 1. The minimum atomic E-state index is 0.116. The molecule has 1 N–H and O–H groups in total. The van der Waals surface area contributed by atoms with Gasteiger partial charge >= 0.3 is 0 Å². The van der Waals surface area contributed by atoms with E-state index in [9.17, 15) is 4.79 Å². The van der Waals surface area contributed by atoms with Crippen molar-refractivity contribution in [2.75, 3.05) is 26.7 Å². The average molecular weight is 366 g/mol. The molecule has 1 atom stereocenters. The molecule has 2 aliphatic rings. The largest absolute Gasteiger partial charge is 0.496 e. The number of ether oxygens (including phenoxy) is 1. The highest BCUT2D eigenvalue weighted by Gasteiger charge is 2.25. The van der Waals surface area contributed by atoms with Gasteiger partial charge in [-0.25, -0.2) is 9.97 Å². The lowest BCUT2D eigenvalue weighted by Crippen LogP contribution is -2.38. The summed E-state index contributed by atoms with van der Waals surface area (Å²) < 4.78 is 5.36. The number of para-hydroxylation sites is 1. The highest BCUT2D eigenvalue weighted by Crippen LogP contribution is 2.24. The molecule has 142 valence electrons. The lowest BCUT2D eigenvalue weighted by atomic mass is 9.98. The van der Waals surface area contributed by atoms with Gasteiger partial charge in [0, 0.05) is 49.3 Å². The molecule has 1 amide bonds. The van der Waals surface area contributed by atoms with Crippen LogP contribution in [0.2, 0.25) is 0 Å². The van der Waals surface area contributed by atoms with Crippen molar-refractivity contribution in [2.24, 2.45) is 0 Å². The average Bonchev–Trinajstić information content (AvgIpc) is 2.74. The topological polar surface area (TPSA) is 67.3 Å². The summed E-state index contributed by atoms with van der Waals surface area (Å²) in [5, 5.41) is 3.42. The third kappa shape index (κ3) is 3.95. The van der Waals surface area contributed by atoms with Crippen LogP contribution in [0.5, 0.6) is 5.75 Å². The van der Waals surface area contributed by atoms with Crippen molar-refractivity contribution in [3.8, 4) is 5.75 Å². The number of fused-ring (bicyclic) bond motifs is 1. The number of piperidine rings is 1. The standard InChI is InChI=1S/C21H26N4O2/c1-27-19-7-3-2-5-15(19)11-20(26)25-10-8-18-17(14-25)13-23-21(24-18)16-6-4-9-22-12-16/h2-3,5,7,13,16,22H,4,6,8-12,14H2,1H3/t16-/m1/s1. The summed E-state index contributed by atoms with van der Waals surface area (Å²) in [4.78, 5) is 24.1. The molecular formula is C21H26N4O2. The van der Waals surface area contributed by atoms with E-state index >= 15 is 0 Å². The van der Waals surface area contributed by atoms with Gasteiger partial charge < -0.3 is 15.0 Å². The Labute approximate surface area is 160 Å². The molecule has 1 aromatic carbocycles. The van der Waals surface area contributed by atoms with Crippen molar-refractivity contribution in [2.45, 2.75) is 38.1 Å². The van der Waals surface area contributed by atoms with Crippen molar-refractivity contribution in [3.05, 3.63) is 53.1 Å². The number of nitrogens with one attached hydrogen (secondary N) is 1. The van der Waals surface area contributed by atoms with E-state index in [0.717, 1.165) is 54.3 Å². The maximum Gasteiger partial charge on any atom is 0.227 e. The molecule has 0 aliphatic carbocycles. The summed E-state index contributed by atoms with van der Waals surface area (Å²) >= 11 is 0.